The summed E-state index contributed by atoms with van der Waals surface area (Å²) in [4.78, 5) is 45.3. The van der Waals surface area contributed by atoms with Gasteiger partial charge in [0.2, 0.25) is 12.4 Å². The number of hydrogen-bond acceptors (Lipinski definition) is 10. The Kier molecular flexibility index (Phi) is 7.62. The minimum Gasteiger partial charge on any atom is -0.455 e. The SMILES string of the molecule is CC(=O)OC1O[C@H](COC(=O)OC(C)C)[C@H](OC(C)=O)[C@H]1OC(C)=O. The molecular weight excluding hydrogens is 340 g/mol. The van der Waals surface area contributed by atoms with Gasteiger partial charge in [-0.25, -0.2) is 4.79 Å². The molecule has 10 nitrogen and oxygen atoms in total. The Morgan fingerprint density at radius 2 is 1.40 bits per heavy atom. The van der Waals surface area contributed by atoms with E-state index in [1.54, 1.807) is 13.8 Å². The van der Waals surface area contributed by atoms with E-state index in [9.17, 15) is 19.2 Å². The summed E-state index contributed by atoms with van der Waals surface area (Å²) in [5.74, 6) is -2.06. The lowest BCUT2D eigenvalue weighted by molar-refractivity contribution is -0.196. The van der Waals surface area contributed by atoms with E-state index < -0.39 is 48.7 Å². The zero-order valence-electron chi connectivity index (χ0n) is 14.7. The Balaban J connectivity index is 2.88. The van der Waals surface area contributed by atoms with Crippen molar-refractivity contribution in [1.29, 1.82) is 0 Å². The highest BCUT2D eigenvalue weighted by molar-refractivity contribution is 5.68. The van der Waals surface area contributed by atoms with Gasteiger partial charge in [-0.05, 0) is 13.8 Å². The first-order chi connectivity index (χ1) is 11.6. The molecule has 0 spiro atoms. The molecule has 1 aliphatic rings. The molecule has 142 valence electrons. The van der Waals surface area contributed by atoms with Crippen LogP contribution in [0, 0.1) is 0 Å². The molecule has 0 amide bonds. The van der Waals surface area contributed by atoms with Crippen LogP contribution in [0.3, 0.4) is 0 Å². The van der Waals surface area contributed by atoms with Gasteiger partial charge in [-0.1, -0.05) is 0 Å². The highest BCUT2D eigenvalue weighted by atomic mass is 16.8. The molecule has 0 bridgehead atoms. The van der Waals surface area contributed by atoms with Crippen molar-refractivity contribution in [2.24, 2.45) is 0 Å². The van der Waals surface area contributed by atoms with Gasteiger partial charge in [0, 0.05) is 20.8 Å². The first kappa shape index (κ1) is 20.7. The van der Waals surface area contributed by atoms with Gasteiger partial charge < -0.3 is 28.4 Å². The second kappa shape index (κ2) is 9.21. The van der Waals surface area contributed by atoms with Gasteiger partial charge in [0.1, 0.15) is 12.7 Å². The maximum Gasteiger partial charge on any atom is 0.508 e. The fourth-order valence-corrected chi connectivity index (χ4v) is 2.11. The van der Waals surface area contributed by atoms with E-state index in [1.165, 1.54) is 0 Å². The predicted molar refractivity (Wildman–Crippen MR) is 79.1 cm³/mol. The summed E-state index contributed by atoms with van der Waals surface area (Å²) in [5, 5.41) is 0. The molecule has 1 heterocycles. The van der Waals surface area contributed by atoms with Crippen molar-refractivity contribution in [2.75, 3.05) is 6.61 Å². The maximum atomic E-state index is 11.5. The lowest BCUT2D eigenvalue weighted by Gasteiger charge is -2.22. The minimum atomic E-state index is -1.31. The smallest absolute Gasteiger partial charge is 0.455 e. The molecule has 0 saturated carbocycles. The zero-order valence-corrected chi connectivity index (χ0v) is 14.7. The Labute approximate surface area is 144 Å². The molecule has 1 fully saturated rings. The molecule has 0 radical (unpaired) electrons. The van der Waals surface area contributed by atoms with Crippen molar-refractivity contribution in [3.05, 3.63) is 0 Å². The van der Waals surface area contributed by atoms with Gasteiger partial charge in [0.05, 0.1) is 6.10 Å². The van der Waals surface area contributed by atoms with E-state index in [4.69, 9.17) is 28.4 Å². The highest BCUT2D eigenvalue weighted by Gasteiger charge is 2.51. The number of ether oxygens (including phenoxy) is 6. The molecule has 0 aromatic carbocycles. The Hall–Kier alpha value is -2.36. The average molecular weight is 362 g/mol. The van der Waals surface area contributed by atoms with Crippen LogP contribution in [0.4, 0.5) is 4.79 Å². The summed E-state index contributed by atoms with van der Waals surface area (Å²) in [6.45, 7) is 6.34. The minimum absolute atomic E-state index is 0.362. The number of rotatable bonds is 6. The first-order valence-corrected chi connectivity index (χ1v) is 7.60. The molecular formula is C15H22O10. The highest BCUT2D eigenvalue weighted by Crippen LogP contribution is 2.28. The van der Waals surface area contributed by atoms with E-state index in [0.717, 1.165) is 20.8 Å². The van der Waals surface area contributed by atoms with E-state index in [-0.39, 0.29) is 12.7 Å². The topological polar surface area (TPSA) is 124 Å². The molecule has 1 saturated heterocycles. The van der Waals surface area contributed by atoms with Crippen LogP contribution in [0.1, 0.15) is 34.6 Å². The molecule has 0 aromatic heterocycles. The quantitative estimate of drug-likeness (QED) is 0.492. The zero-order chi connectivity index (χ0) is 19.1. The standard InChI is InChI=1S/C15H22O10/c1-7(2)21-15(19)20-6-11-12(22-8(3)16)13(23-9(4)17)14(25-11)24-10(5)18/h7,11-14H,6H2,1-5H3/t11-,12+,13-,14?/m1/s1. The normalized spacial score (nSPS) is 25.2. The third kappa shape index (κ3) is 6.96. The van der Waals surface area contributed by atoms with Crippen molar-refractivity contribution in [3.63, 3.8) is 0 Å². The third-order valence-electron chi connectivity index (χ3n) is 2.85. The van der Waals surface area contributed by atoms with Crippen molar-refractivity contribution in [1.82, 2.24) is 0 Å². The number of hydrogen-bond donors (Lipinski definition) is 0. The second-order valence-corrected chi connectivity index (χ2v) is 5.53. The molecule has 25 heavy (non-hydrogen) atoms. The number of esters is 3. The van der Waals surface area contributed by atoms with E-state index >= 15 is 0 Å². The summed E-state index contributed by atoms with van der Waals surface area (Å²) >= 11 is 0. The monoisotopic (exact) mass is 362 g/mol. The summed E-state index contributed by atoms with van der Waals surface area (Å²) in [6, 6.07) is 0. The second-order valence-electron chi connectivity index (χ2n) is 5.53. The van der Waals surface area contributed by atoms with E-state index in [2.05, 4.69) is 0 Å². The molecule has 0 N–H and O–H groups in total. The van der Waals surface area contributed by atoms with Gasteiger partial charge in [-0.15, -0.1) is 0 Å². The van der Waals surface area contributed by atoms with Gasteiger partial charge >= 0.3 is 24.1 Å². The Morgan fingerprint density at radius 3 is 1.88 bits per heavy atom. The Morgan fingerprint density at radius 1 is 0.880 bits per heavy atom. The molecule has 4 atom stereocenters. The van der Waals surface area contributed by atoms with Crippen LogP contribution in [0.25, 0.3) is 0 Å². The van der Waals surface area contributed by atoms with Crippen LogP contribution >= 0.6 is 0 Å². The number of carbonyl (C=O) groups is 4. The van der Waals surface area contributed by atoms with Crippen molar-refractivity contribution < 1.29 is 47.6 Å². The fourth-order valence-electron chi connectivity index (χ4n) is 2.11. The summed E-state index contributed by atoms with van der Waals surface area (Å²) in [6.07, 6.45) is -5.97. The lowest BCUT2D eigenvalue weighted by atomic mass is 10.1. The van der Waals surface area contributed by atoms with Crippen LogP contribution in [0.15, 0.2) is 0 Å². The summed E-state index contributed by atoms with van der Waals surface area (Å²) in [7, 11) is 0. The van der Waals surface area contributed by atoms with E-state index in [0.29, 0.717) is 0 Å². The van der Waals surface area contributed by atoms with E-state index in [1.807, 2.05) is 0 Å². The maximum absolute atomic E-state index is 11.5. The molecule has 0 aromatic rings. The van der Waals surface area contributed by atoms with Crippen LogP contribution in [0.2, 0.25) is 0 Å². The molecule has 1 unspecified atom stereocenters. The van der Waals surface area contributed by atoms with Crippen LogP contribution in [-0.2, 0) is 42.8 Å². The van der Waals surface area contributed by atoms with Crippen molar-refractivity contribution >= 4 is 24.1 Å². The first-order valence-electron chi connectivity index (χ1n) is 7.60. The van der Waals surface area contributed by atoms with Gasteiger partial charge in [0.15, 0.2) is 6.10 Å². The largest absolute Gasteiger partial charge is 0.508 e. The fraction of sp³-hybridized carbons (Fsp3) is 0.733. The molecule has 1 rings (SSSR count). The van der Waals surface area contributed by atoms with Crippen LogP contribution in [-0.4, -0.2) is 61.4 Å². The predicted octanol–water partition coefficient (Wildman–Crippen LogP) is 0.699. The Bertz CT molecular complexity index is 514. The van der Waals surface area contributed by atoms with Gasteiger partial charge in [0.25, 0.3) is 0 Å². The molecule has 10 heteroatoms. The molecule has 1 aliphatic heterocycles. The lowest BCUT2D eigenvalue weighted by Crippen LogP contribution is -2.42. The van der Waals surface area contributed by atoms with Crippen LogP contribution < -0.4 is 0 Å². The molecule has 0 aliphatic carbocycles. The van der Waals surface area contributed by atoms with Crippen LogP contribution in [0.5, 0.6) is 0 Å². The number of carbonyl (C=O) groups excluding carboxylic acids is 4. The van der Waals surface area contributed by atoms with Crippen molar-refractivity contribution in [3.8, 4) is 0 Å². The van der Waals surface area contributed by atoms with Gasteiger partial charge in [-0.3, -0.25) is 14.4 Å². The third-order valence-corrected chi connectivity index (χ3v) is 2.85. The summed E-state index contributed by atoms with van der Waals surface area (Å²) < 4.78 is 30.2. The van der Waals surface area contributed by atoms with Gasteiger partial charge in [-0.2, -0.15) is 0 Å². The average Bonchev–Trinajstić information content (AvgIpc) is 2.72. The summed E-state index contributed by atoms with van der Waals surface area (Å²) in [5.41, 5.74) is 0. The van der Waals surface area contributed by atoms with Crippen molar-refractivity contribution in [2.45, 2.75) is 65.3 Å².